The van der Waals surface area contributed by atoms with Crippen molar-refractivity contribution in [1.29, 1.82) is 5.26 Å². The van der Waals surface area contributed by atoms with Crippen molar-refractivity contribution in [3.63, 3.8) is 0 Å². The molecule has 0 fully saturated rings. The minimum Gasteiger partial charge on any atom is -0.491 e. The minimum atomic E-state index is -4.62. The number of halogens is 3. The predicted octanol–water partition coefficient (Wildman–Crippen LogP) is 2.67. The Morgan fingerprint density at radius 3 is 2.29 bits per heavy atom. The number of hydrogen-bond acceptors (Lipinski definition) is 3. The third kappa shape index (κ3) is 5.78. The summed E-state index contributed by atoms with van der Waals surface area (Å²) in [5, 5.41) is 8.43. The van der Waals surface area contributed by atoms with Gasteiger partial charge in [0.05, 0.1) is 19.1 Å². The van der Waals surface area contributed by atoms with Crippen molar-refractivity contribution in [2.75, 3.05) is 13.2 Å². The average molecular weight is 245 g/mol. The molecule has 0 saturated carbocycles. The lowest BCUT2D eigenvalue weighted by Crippen LogP contribution is -2.18. The van der Waals surface area contributed by atoms with Gasteiger partial charge >= 0.3 is 6.36 Å². The maximum atomic E-state index is 11.6. The fourth-order valence-corrected chi connectivity index (χ4v) is 1.11. The lowest BCUT2D eigenvalue weighted by atomic mass is 10.2. The maximum absolute atomic E-state index is 11.6. The summed E-state index contributed by atoms with van der Waals surface area (Å²) < 4.78 is 43.4. The molecule has 0 saturated heterocycles. The molecule has 0 radical (unpaired) electrons. The molecule has 92 valence electrons. The van der Waals surface area contributed by atoms with Gasteiger partial charge in [0.1, 0.15) is 12.4 Å². The molecule has 0 amide bonds. The fourth-order valence-electron chi connectivity index (χ4n) is 1.11. The van der Waals surface area contributed by atoms with E-state index in [-0.39, 0.29) is 13.0 Å². The van der Waals surface area contributed by atoms with Gasteiger partial charge in [-0.3, -0.25) is 4.74 Å². The van der Waals surface area contributed by atoms with Gasteiger partial charge < -0.3 is 4.74 Å². The van der Waals surface area contributed by atoms with Crippen LogP contribution in [-0.4, -0.2) is 19.6 Å². The van der Waals surface area contributed by atoms with E-state index >= 15 is 0 Å². The molecule has 0 aliphatic carbocycles. The van der Waals surface area contributed by atoms with Crippen molar-refractivity contribution < 1.29 is 22.6 Å². The average Bonchev–Trinajstić information content (AvgIpc) is 2.26. The highest BCUT2D eigenvalue weighted by Gasteiger charge is 2.28. The summed E-state index contributed by atoms with van der Waals surface area (Å²) in [5.41, 5.74) is 0.825. The SMILES string of the molecule is N#CCc1ccc(OCCOC(F)(F)F)cc1. The topological polar surface area (TPSA) is 42.2 Å². The second-order valence-corrected chi connectivity index (χ2v) is 3.12. The van der Waals surface area contributed by atoms with Gasteiger partial charge in [0.2, 0.25) is 0 Å². The quantitative estimate of drug-likeness (QED) is 0.749. The van der Waals surface area contributed by atoms with E-state index in [1.807, 2.05) is 6.07 Å². The first-order valence-corrected chi connectivity index (χ1v) is 4.80. The van der Waals surface area contributed by atoms with Crippen LogP contribution in [0.15, 0.2) is 24.3 Å². The fraction of sp³-hybridized carbons (Fsp3) is 0.364. The van der Waals surface area contributed by atoms with Crippen LogP contribution in [-0.2, 0) is 11.2 Å². The molecular formula is C11H10F3NO2. The molecule has 0 aromatic heterocycles. The van der Waals surface area contributed by atoms with Gasteiger partial charge in [0, 0.05) is 0 Å². The molecule has 0 atom stereocenters. The molecule has 1 aromatic rings. The van der Waals surface area contributed by atoms with E-state index < -0.39 is 13.0 Å². The van der Waals surface area contributed by atoms with Gasteiger partial charge in [-0.1, -0.05) is 12.1 Å². The molecule has 0 aliphatic rings. The van der Waals surface area contributed by atoms with E-state index in [4.69, 9.17) is 10.00 Å². The highest BCUT2D eigenvalue weighted by Crippen LogP contribution is 2.16. The van der Waals surface area contributed by atoms with E-state index in [0.717, 1.165) is 5.56 Å². The van der Waals surface area contributed by atoms with E-state index in [1.165, 1.54) is 0 Å². The first kappa shape index (κ1) is 13.3. The van der Waals surface area contributed by atoms with Crippen molar-refractivity contribution in [3.05, 3.63) is 29.8 Å². The lowest BCUT2D eigenvalue weighted by molar-refractivity contribution is -0.325. The van der Waals surface area contributed by atoms with Crippen molar-refractivity contribution in [2.45, 2.75) is 12.8 Å². The smallest absolute Gasteiger partial charge is 0.491 e. The Labute approximate surface area is 96.4 Å². The first-order chi connectivity index (χ1) is 8.01. The number of benzene rings is 1. The molecule has 1 rings (SSSR count). The van der Waals surface area contributed by atoms with Crippen LogP contribution >= 0.6 is 0 Å². The Hall–Kier alpha value is -1.74. The highest BCUT2D eigenvalue weighted by molar-refractivity contribution is 5.28. The zero-order valence-electron chi connectivity index (χ0n) is 8.83. The number of nitrogens with zero attached hydrogens (tertiary/aromatic N) is 1. The summed E-state index contributed by atoms with van der Waals surface area (Å²) in [6, 6.07) is 8.55. The van der Waals surface area contributed by atoms with Crippen LogP contribution in [0.2, 0.25) is 0 Å². The van der Waals surface area contributed by atoms with Crippen LogP contribution in [0, 0.1) is 11.3 Å². The third-order valence-corrected chi connectivity index (χ3v) is 1.82. The summed E-state index contributed by atoms with van der Waals surface area (Å²) in [7, 11) is 0. The number of hydrogen-bond donors (Lipinski definition) is 0. The molecule has 1 aromatic carbocycles. The first-order valence-electron chi connectivity index (χ1n) is 4.80. The normalized spacial score (nSPS) is 10.9. The number of rotatable bonds is 5. The highest BCUT2D eigenvalue weighted by atomic mass is 19.4. The molecule has 3 nitrogen and oxygen atoms in total. The van der Waals surface area contributed by atoms with E-state index in [0.29, 0.717) is 5.75 Å². The van der Waals surface area contributed by atoms with Crippen LogP contribution in [0.1, 0.15) is 5.56 Å². The largest absolute Gasteiger partial charge is 0.522 e. The van der Waals surface area contributed by atoms with Crippen molar-refractivity contribution in [2.24, 2.45) is 0 Å². The zero-order valence-corrected chi connectivity index (χ0v) is 8.83. The predicted molar refractivity (Wildman–Crippen MR) is 53.3 cm³/mol. The van der Waals surface area contributed by atoms with E-state index in [1.54, 1.807) is 24.3 Å². The van der Waals surface area contributed by atoms with E-state index in [2.05, 4.69) is 4.74 Å². The summed E-state index contributed by atoms with van der Waals surface area (Å²) in [4.78, 5) is 0. The third-order valence-electron chi connectivity index (χ3n) is 1.82. The molecule has 0 bridgehead atoms. The Balaban J connectivity index is 2.30. The molecule has 0 N–H and O–H groups in total. The Kier molecular flexibility index (Phi) is 4.79. The number of alkyl halides is 3. The van der Waals surface area contributed by atoms with Crippen LogP contribution in [0.25, 0.3) is 0 Å². The Morgan fingerprint density at radius 1 is 1.12 bits per heavy atom. The van der Waals surface area contributed by atoms with Gasteiger partial charge in [-0.2, -0.15) is 5.26 Å². The molecule has 6 heteroatoms. The Morgan fingerprint density at radius 2 is 1.76 bits per heavy atom. The number of nitriles is 1. The van der Waals surface area contributed by atoms with Gasteiger partial charge in [-0.25, -0.2) is 0 Å². The molecule has 0 aliphatic heterocycles. The van der Waals surface area contributed by atoms with Gasteiger partial charge in [-0.05, 0) is 17.7 Å². The van der Waals surface area contributed by atoms with Crippen LogP contribution in [0.3, 0.4) is 0 Å². The van der Waals surface area contributed by atoms with Crippen molar-refractivity contribution in [1.82, 2.24) is 0 Å². The second kappa shape index (κ2) is 6.11. The van der Waals surface area contributed by atoms with Crippen LogP contribution < -0.4 is 4.74 Å². The standard InChI is InChI=1S/C11H10F3NO2/c12-11(13,14)17-8-7-16-10-3-1-9(2-4-10)5-6-15/h1-4H,5,7-8H2. The molecular weight excluding hydrogens is 235 g/mol. The molecule has 0 spiro atoms. The molecule has 0 heterocycles. The monoisotopic (exact) mass is 245 g/mol. The van der Waals surface area contributed by atoms with Crippen molar-refractivity contribution >= 4 is 0 Å². The Bertz CT molecular complexity index is 381. The summed E-state index contributed by atoms with van der Waals surface area (Å²) in [6.45, 7) is -0.736. The van der Waals surface area contributed by atoms with Crippen LogP contribution in [0.4, 0.5) is 13.2 Å². The molecule has 0 unspecified atom stereocenters. The van der Waals surface area contributed by atoms with Crippen LogP contribution in [0.5, 0.6) is 5.75 Å². The maximum Gasteiger partial charge on any atom is 0.522 e. The summed E-state index contributed by atoms with van der Waals surface area (Å²) in [6.07, 6.45) is -4.34. The second-order valence-electron chi connectivity index (χ2n) is 3.12. The van der Waals surface area contributed by atoms with Gasteiger partial charge in [0.25, 0.3) is 0 Å². The molecule has 17 heavy (non-hydrogen) atoms. The summed E-state index contributed by atoms with van der Waals surface area (Å²) in [5.74, 6) is 0.442. The van der Waals surface area contributed by atoms with Gasteiger partial charge in [0.15, 0.2) is 0 Å². The lowest BCUT2D eigenvalue weighted by Gasteiger charge is -2.09. The zero-order chi connectivity index (χ0) is 12.7. The number of ether oxygens (including phenoxy) is 2. The van der Waals surface area contributed by atoms with Crippen molar-refractivity contribution in [3.8, 4) is 11.8 Å². The minimum absolute atomic E-state index is 0.183. The van der Waals surface area contributed by atoms with E-state index in [9.17, 15) is 13.2 Å². The summed E-state index contributed by atoms with van der Waals surface area (Å²) >= 11 is 0. The van der Waals surface area contributed by atoms with Gasteiger partial charge in [-0.15, -0.1) is 13.2 Å².